The fourth-order valence-electron chi connectivity index (χ4n) is 8.00. The van der Waals surface area contributed by atoms with Crippen LogP contribution < -0.4 is 4.57 Å². The topological polar surface area (TPSA) is 41.2 Å². The minimum absolute atomic E-state index is 0.135. The van der Waals surface area contributed by atoms with Gasteiger partial charge in [-0.2, -0.15) is 4.57 Å². The van der Waals surface area contributed by atoms with Gasteiger partial charge in [0, 0.05) is 18.1 Å². The molecule has 7 atom stereocenters. The van der Waals surface area contributed by atoms with Crippen LogP contribution in [0.3, 0.4) is 0 Å². The molecule has 0 unspecified atom stereocenters. The number of aliphatic hydroxyl groups is 1. The molecule has 3 fully saturated rings. The normalized spacial score (nSPS) is 43.7. The molecule has 0 bridgehead atoms. The highest BCUT2D eigenvalue weighted by Gasteiger charge is 2.59. The molecule has 29 heavy (non-hydrogen) atoms. The Bertz CT molecular complexity index is 817. The summed E-state index contributed by atoms with van der Waals surface area (Å²) < 4.78 is 2.04. The van der Waals surface area contributed by atoms with Crippen LogP contribution in [0, 0.1) is 34.5 Å². The third-order valence-electron chi connectivity index (χ3n) is 9.58. The lowest BCUT2D eigenvalue weighted by molar-refractivity contribution is -0.684. The zero-order chi connectivity index (χ0) is 20.2. The SMILES string of the molecule is C[C@]12CC[C@@H]3[C@H](CC=C4C[C@@H](O)CC[C@@]43C)[C@H]1CC[C@@H]2C(=O)C[n+]1ccccc1. The summed E-state index contributed by atoms with van der Waals surface area (Å²) in [4.78, 5) is 13.3. The molecule has 3 heteroatoms. The van der Waals surface area contributed by atoms with Crippen molar-refractivity contribution in [3.05, 3.63) is 42.2 Å². The number of nitrogens with zero attached hydrogens (tertiary/aromatic N) is 1. The zero-order valence-corrected chi connectivity index (χ0v) is 18.0. The van der Waals surface area contributed by atoms with Gasteiger partial charge in [0.1, 0.15) is 0 Å². The number of ketones is 1. The predicted octanol–water partition coefficient (Wildman–Crippen LogP) is 4.48. The molecule has 4 aliphatic carbocycles. The lowest BCUT2D eigenvalue weighted by Crippen LogP contribution is -2.51. The second-order valence-corrected chi connectivity index (χ2v) is 10.8. The van der Waals surface area contributed by atoms with E-state index in [9.17, 15) is 9.90 Å². The van der Waals surface area contributed by atoms with E-state index in [4.69, 9.17) is 0 Å². The largest absolute Gasteiger partial charge is 0.393 e. The van der Waals surface area contributed by atoms with Crippen LogP contribution >= 0.6 is 0 Å². The highest BCUT2D eigenvalue weighted by atomic mass is 16.3. The van der Waals surface area contributed by atoms with Gasteiger partial charge in [-0.15, -0.1) is 0 Å². The first-order chi connectivity index (χ1) is 13.9. The number of hydrogen-bond donors (Lipinski definition) is 1. The Morgan fingerprint density at radius 1 is 1.07 bits per heavy atom. The van der Waals surface area contributed by atoms with Crippen LogP contribution in [0.15, 0.2) is 42.2 Å². The molecular weight excluding hydrogens is 358 g/mol. The van der Waals surface area contributed by atoms with Crippen molar-refractivity contribution < 1.29 is 14.5 Å². The molecular formula is C26H36NO2+. The minimum Gasteiger partial charge on any atom is -0.393 e. The Hall–Kier alpha value is -1.48. The highest BCUT2D eigenvalue weighted by Crippen LogP contribution is 2.66. The summed E-state index contributed by atoms with van der Waals surface area (Å²) >= 11 is 0. The monoisotopic (exact) mass is 394 g/mol. The minimum atomic E-state index is -0.135. The third kappa shape index (κ3) is 3.03. The fraction of sp³-hybridized carbons (Fsp3) is 0.692. The van der Waals surface area contributed by atoms with E-state index < -0.39 is 0 Å². The van der Waals surface area contributed by atoms with E-state index in [1.54, 1.807) is 0 Å². The molecule has 0 aromatic carbocycles. The van der Waals surface area contributed by atoms with Crippen LogP contribution in [0.2, 0.25) is 0 Å². The maximum absolute atomic E-state index is 13.3. The molecule has 0 aliphatic heterocycles. The third-order valence-corrected chi connectivity index (χ3v) is 9.58. The Labute approximate surface area is 175 Å². The Morgan fingerprint density at radius 2 is 1.86 bits per heavy atom. The van der Waals surface area contributed by atoms with Crippen LogP contribution in [-0.4, -0.2) is 17.0 Å². The van der Waals surface area contributed by atoms with Gasteiger partial charge >= 0.3 is 0 Å². The number of carbonyl (C=O) groups excluding carboxylic acids is 1. The summed E-state index contributed by atoms with van der Waals surface area (Å²) in [6.07, 6.45) is 15.3. The summed E-state index contributed by atoms with van der Waals surface area (Å²) in [5.41, 5.74) is 1.99. The van der Waals surface area contributed by atoms with Crippen LogP contribution in [0.4, 0.5) is 0 Å². The number of rotatable bonds is 3. The van der Waals surface area contributed by atoms with Gasteiger partial charge in [-0.3, -0.25) is 4.79 Å². The maximum atomic E-state index is 13.3. The van der Waals surface area contributed by atoms with Crippen molar-refractivity contribution in [2.75, 3.05) is 0 Å². The smallest absolute Gasteiger partial charge is 0.206 e. The molecule has 156 valence electrons. The second kappa shape index (κ2) is 7.04. The van der Waals surface area contributed by atoms with E-state index in [0.29, 0.717) is 18.2 Å². The number of carbonyl (C=O) groups is 1. The average molecular weight is 395 g/mol. The quantitative estimate of drug-likeness (QED) is 0.606. The summed E-state index contributed by atoms with van der Waals surface area (Å²) in [5.74, 6) is 2.79. The van der Waals surface area contributed by atoms with Gasteiger partial charge in [0.05, 0.1) is 6.10 Å². The Morgan fingerprint density at radius 3 is 2.66 bits per heavy atom. The van der Waals surface area contributed by atoms with Crippen molar-refractivity contribution >= 4 is 5.78 Å². The standard InChI is InChI=1S/C26H36NO2/c1-25-12-10-19(28)16-18(25)6-7-20-21-8-9-23(26(21,2)13-11-22(20)25)24(29)17-27-14-4-3-5-15-27/h3-6,14-15,19-23,28H,7-13,16-17H2,1-2H3/q+1/t19-,20+,21+,22+,23+,25-,26-/m0/s1. The molecule has 3 saturated carbocycles. The number of fused-ring (bicyclic) bond motifs is 5. The van der Waals surface area contributed by atoms with Gasteiger partial charge in [0.15, 0.2) is 12.4 Å². The van der Waals surface area contributed by atoms with Crippen molar-refractivity contribution in [1.29, 1.82) is 0 Å². The lowest BCUT2D eigenvalue weighted by atomic mass is 9.47. The second-order valence-electron chi connectivity index (χ2n) is 10.8. The Kier molecular flexibility index (Phi) is 4.73. The molecule has 0 saturated heterocycles. The van der Waals surface area contributed by atoms with Crippen LogP contribution in [-0.2, 0) is 11.3 Å². The molecule has 0 amide bonds. The van der Waals surface area contributed by atoms with Crippen molar-refractivity contribution in [1.82, 2.24) is 0 Å². The van der Waals surface area contributed by atoms with Crippen molar-refractivity contribution in [2.24, 2.45) is 34.5 Å². The summed E-state index contributed by atoms with van der Waals surface area (Å²) in [6, 6.07) is 6.02. The molecule has 1 N–H and O–H groups in total. The first-order valence-corrected chi connectivity index (χ1v) is 11.8. The van der Waals surface area contributed by atoms with Crippen molar-refractivity contribution in [2.45, 2.75) is 77.9 Å². The maximum Gasteiger partial charge on any atom is 0.206 e. The predicted molar refractivity (Wildman–Crippen MR) is 113 cm³/mol. The first-order valence-electron chi connectivity index (χ1n) is 11.8. The van der Waals surface area contributed by atoms with Crippen LogP contribution in [0.5, 0.6) is 0 Å². The van der Waals surface area contributed by atoms with Crippen LogP contribution in [0.25, 0.3) is 0 Å². The van der Waals surface area contributed by atoms with E-state index in [-0.39, 0.29) is 22.9 Å². The van der Waals surface area contributed by atoms with Gasteiger partial charge in [0.2, 0.25) is 12.3 Å². The van der Waals surface area contributed by atoms with Gasteiger partial charge in [0.25, 0.3) is 0 Å². The average Bonchev–Trinajstić information content (AvgIpc) is 3.06. The van der Waals surface area contributed by atoms with E-state index in [0.717, 1.165) is 43.9 Å². The number of hydrogen-bond acceptors (Lipinski definition) is 2. The number of aliphatic hydroxyl groups excluding tert-OH is 1. The summed E-state index contributed by atoms with van der Waals surface area (Å²) in [7, 11) is 0. The van der Waals surface area contributed by atoms with Crippen molar-refractivity contribution in [3.63, 3.8) is 0 Å². The lowest BCUT2D eigenvalue weighted by Gasteiger charge is -2.57. The van der Waals surface area contributed by atoms with E-state index in [1.807, 2.05) is 35.2 Å². The molecule has 3 nitrogen and oxygen atoms in total. The van der Waals surface area contributed by atoms with E-state index >= 15 is 0 Å². The van der Waals surface area contributed by atoms with Gasteiger partial charge in [-0.25, -0.2) is 0 Å². The number of Topliss-reactive ketones (excluding diaryl/α,β-unsaturated/α-hetero) is 1. The number of aromatic nitrogens is 1. The van der Waals surface area contributed by atoms with Gasteiger partial charge < -0.3 is 5.11 Å². The van der Waals surface area contributed by atoms with E-state index in [1.165, 1.54) is 24.8 Å². The molecule has 0 spiro atoms. The molecule has 1 aromatic rings. The van der Waals surface area contributed by atoms with E-state index in [2.05, 4.69) is 19.9 Å². The highest BCUT2D eigenvalue weighted by molar-refractivity contribution is 5.81. The first kappa shape index (κ1) is 19.5. The van der Waals surface area contributed by atoms with Crippen molar-refractivity contribution in [3.8, 4) is 0 Å². The summed E-state index contributed by atoms with van der Waals surface area (Å²) in [5, 5.41) is 10.2. The van der Waals surface area contributed by atoms with Gasteiger partial charge in [-0.1, -0.05) is 31.6 Å². The molecule has 1 aromatic heterocycles. The molecule has 0 radical (unpaired) electrons. The Balaban J connectivity index is 1.38. The van der Waals surface area contributed by atoms with Gasteiger partial charge in [-0.05, 0) is 80.0 Å². The van der Waals surface area contributed by atoms with Crippen LogP contribution in [0.1, 0.15) is 65.2 Å². The number of allylic oxidation sites excluding steroid dienone is 1. The molecule has 4 aliphatic rings. The molecule has 5 rings (SSSR count). The number of pyridine rings is 1. The summed E-state index contributed by atoms with van der Waals surface area (Å²) in [6.45, 7) is 5.43. The zero-order valence-electron chi connectivity index (χ0n) is 18.0. The fourth-order valence-corrected chi connectivity index (χ4v) is 8.00. The molecule has 1 heterocycles.